The number of piperidine rings is 1. The van der Waals surface area contributed by atoms with Crippen LogP contribution in [0, 0.1) is 5.92 Å². The van der Waals surface area contributed by atoms with Gasteiger partial charge in [0.25, 0.3) is 0 Å². The van der Waals surface area contributed by atoms with Crippen LogP contribution in [0.2, 0.25) is 0 Å². The van der Waals surface area contributed by atoms with Gasteiger partial charge in [0.2, 0.25) is 5.91 Å². The topological polar surface area (TPSA) is 72.3 Å². The molecule has 1 saturated heterocycles. The van der Waals surface area contributed by atoms with E-state index >= 15 is 0 Å². The zero-order valence-corrected chi connectivity index (χ0v) is 14.0. The maximum absolute atomic E-state index is 12.1. The molecule has 0 unspecified atom stereocenters. The van der Waals surface area contributed by atoms with Crippen molar-refractivity contribution in [1.29, 1.82) is 0 Å². The zero-order valence-electron chi connectivity index (χ0n) is 14.0. The lowest BCUT2D eigenvalue weighted by molar-refractivity contribution is -0.149. The standard InChI is InChI=1S/C16H27N5O2/c1-23-20-10-6-13(7-11-20)12-16(22)17-8-5-15-19-18-14-4-2-3-9-21(14)15/h13H,2-12H2,1H3,(H,17,22). The third kappa shape index (κ3) is 4.29. The number of aryl methyl sites for hydroxylation is 1. The van der Waals surface area contributed by atoms with E-state index in [-0.39, 0.29) is 5.91 Å². The second-order valence-electron chi connectivity index (χ2n) is 6.50. The molecule has 0 aromatic carbocycles. The van der Waals surface area contributed by atoms with E-state index in [4.69, 9.17) is 4.84 Å². The second-order valence-corrected chi connectivity index (χ2v) is 6.50. The first-order valence-corrected chi connectivity index (χ1v) is 8.73. The van der Waals surface area contributed by atoms with Gasteiger partial charge in [-0.2, -0.15) is 5.06 Å². The minimum atomic E-state index is 0.152. The van der Waals surface area contributed by atoms with Gasteiger partial charge in [0, 0.05) is 45.4 Å². The summed E-state index contributed by atoms with van der Waals surface area (Å²) in [6, 6.07) is 0. The van der Waals surface area contributed by atoms with Gasteiger partial charge in [0.1, 0.15) is 11.6 Å². The second kappa shape index (κ2) is 7.88. The van der Waals surface area contributed by atoms with Crippen LogP contribution in [-0.2, 0) is 29.0 Å². The van der Waals surface area contributed by atoms with Gasteiger partial charge in [-0.1, -0.05) is 0 Å². The molecular weight excluding hydrogens is 294 g/mol. The quantitative estimate of drug-likeness (QED) is 0.844. The minimum Gasteiger partial charge on any atom is -0.356 e. The zero-order chi connectivity index (χ0) is 16.1. The molecule has 2 aliphatic rings. The summed E-state index contributed by atoms with van der Waals surface area (Å²) < 4.78 is 2.22. The highest BCUT2D eigenvalue weighted by atomic mass is 16.7. The molecule has 1 aromatic heterocycles. The van der Waals surface area contributed by atoms with Gasteiger partial charge in [0.05, 0.1) is 7.11 Å². The highest BCUT2D eigenvalue weighted by molar-refractivity contribution is 5.76. The largest absolute Gasteiger partial charge is 0.356 e. The molecule has 0 atom stereocenters. The third-order valence-corrected chi connectivity index (χ3v) is 4.91. The van der Waals surface area contributed by atoms with Crippen LogP contribution in [0.1, 0.15) is 43.8 Å². The number of hydroxylamine groups is 2. The summed E-state index contributed by atoms with van der Waals surface area (Å²) >= 11 is 0. The van der Waals surface area contributed by atoms with Gasteiger partial charge in [0.15, 0.2) is 0 Å². The van der Waals surface area contributed by atoms with E-state index in [2.05, 4.69) is 20.1 Å². The lowest BCUT2D eigenvalue weighted by Gasteiger charge is -2.29. The molecule has 0 saturated carbocycles. The number of hydrogen-bond donors (Lipinski definition) is 1. The van der Waals surface area contributed by atoms with Crippen molar-refractivity contribution in [3.8, 4) is 0 Å². The number of amides is 1. The van der Waals surface area contributed by atoms with Crippen LogP contribution in [0.15, 0.2) is 0 Å². The summed E-state index contributed by atoms with van der Waals surface area (Å²) in [5, 5.41) is 13.5. The van der Waals surface area contributed by atoms with Crippen molar-refractivity contribution < 1.29 is 9.63 Å². The minimum absolute atomic E-state index is 0.152. The van der Waals surface area contributed by atoms with E-state index in [0.717, 1.165) is 57.0 Å². The van der Waals surface area contributed by atoms with Gasteiger partial charge in [-0.25, -0.2) is 0 Å². The van der Waals surface area contributed by atoms with E-state index in [1.807, 2.05) is 5.06 Å². The molecule has 1 aromatic rings. The summed E-state index contributed by atoms with van der Waals surface area (Å²) in [5.74, 6) is 2.73. The first-order chi connectivity index (χ1) is 11.3. The maximum atomic E-state index is 12.1. The number of hydrogen-bond acceptors (Lipinski definition) is 5. The number of rotatable bonds is 6. The number of nitrogens with zero attached hydrogens (tertiary/aromatic N) is 4. The van der Waals surface area contributed by atoms with Gasteiger partial charge < -0.3 is 14.7 Å². The predicted molar refractivity (Wildman–Crippen MR) is 85.6 cm³/mol. The summed E-state index contributed by atoms with van der Waals surface area (Å²) in [4.78, 5) is 17.3. The predicted octanol–water partition coefficient (Wildman–Crippen LogP) is 0.937. The smallest absolute Gasteiger partial charge is 0.220 e. The molecule has 2 aliphatic heterocycles. The highest BCUT2D eigenvalue weighted by Gasteiger charge is 2.21. The lowest BCUT2D eigenvalue weighted by atomic mass is 9.94. The van der Waals surface area contributed by atoms with E-state index < -0.39 is 0 Å². The van der Waals surface area contributed by atoms with Crippen molar-refractivity contribution in [3.63, 3.8) is 0 Å². The first-order valence-electron chi connectivity index (χ1n) is 8.73. The summed E-state index contributed by atoms with van der Waals surface area (Å²) in [5.41, 5.74) is 0. The SMILES string of the molecule is CON1CCC(CC(=O)NCCc2nnc3n2CCCC3)CC1. The van der Waals surface area contributed by atoms with Crippen LogP contribution in [0.5, 0.6) is 0 Å². The number of carbonyl (C=O) groups is 1. The Bertz CT molecular complexity index is 523. The Balaban J connectivity index is 1.37. The summed E-state index contributed by atoms with van der Waals surface area (Å²) in [6.45, 7) is 3.50. The molecule has 1 fully saturated rings. The highest BCUT2D eigenvalue weighted by Crippen LogP contribution is 2.20. The fourth-order valence-electron chi connectivity index (χ4n) is 3.50. The average molecular weight is 321 g/mol. The lowest BCUT2D eigenvalue weighted by Crippen LogP contribution is -2.35. The molecule has 23 heavy (non-hydrogen) atoms. The fourth-order valence-corrected chi connectivity index (χ4v) is 3.50. The van der Waals surface area contributed by atoms with Crippen LogP contribution in [0.4, 0.5) is 0 Å². The van der Waals surface area contributed by atoms with Crippen molar-refractivity contribution in [2.75, 3.05) is 26.7 Å². The maximum Gasteiger partial charge on any atom is 0.220 e. The van der Waals surface area contributed by atoms with Crippen LogP contribution in [0.3, 0.4) is 0 Å². The monoisotopic (exact) mass is 321 g/mol. The number of carbonyl (C=O) groups excluding carboxylic acids is 1. The van der Waals surface area contributed by atoms with Crippen LogP contribution < -0.4 is 5.32 Å². The van der Waals surface area contributed by atoms with Crippen molar-refractivity contribution in [2.24, 2.45) is 5.92 Å². The molecule has 0 bridgehead atoms. The van der Waals surface area contributed by atoms with Crippen LogP contribution >= 0.6 is 0 Å². The summed E-state index contributed by atoms with van der Waals surface area (Å²) in [6.07, 6.45) is 6.87. The molecule has 1 amide bonds. The molecule has 0 aliphatic carbocycles. The molecule has 1 N–H and O–H groups in total. The van der Waals surface area contributed by atoms with Gasteiger partial charge >= 0.3 is 0 Å². The normalized spacial score (nSPS) is 19.5. The average Bonchev–Trinajstić information content (AvgIpc) is 2.99. The summed E-state index contributed by atoms with van der Waals surface area (Å²) in [7, 11) is 1.70. The molecule has 0 radical (unpaired) electrons. The van der Waals surface area contributed by atoms with Crippen LogP contribution in [-0.4, -0.2) is 52.5 Å². The number of aromatic nitrogens is 3. The molecular formula is C16H27N5O2. The van der Waals surface area contributed by atoms with E-state index in [0.29, 0.717) is 18.9 Å². The Morgan fingerprint density at radius 1 is 1.26 bits per heavy atom. The molecule has 7 heteroatoms. The number of fused-ring (bicyclic) bond motifs is 1. The van der Waals surface area contributed by atoms with Crippen molar-refractivity contribution in [2.45, 2.75) is 51.5 Å². The van der Waals surface area contributed by atoms with Gasteiger partial charge in [-0.3, -0.25) is 4.79 Å². The van der Waals surface area contributed by atoms with Crippen molar-refractivity contribution >= 4 is 5.91 Å². The Morgan fingerprint density at radius 2 is 2.09 bits per heavy atom. The first kappa shape index (κ1) is 16.4. The molecule has 128 valence electrons. The van der Waals surface area contributed by atoms with E-state index in [9.17, 15) is 4.79 Å². The van der Waals surface area contributed by atoms with Gasteiger partial charge in [-0.15, -0.1) is 10.2 Å². The van der Waals surface area contributed by atoms with E-state index in [1.54, 1.807) is 7.11 Å². The third-order valence-electron chi connectivity index (χ3n) is 4.91. The Labute approximate surface area is 137 Å². The van der Waals surface area contributed by atoms with E-state index in [1.165, 1.54) is 12.8 Å². The molecule has 7 nitrogen and oxygen atoms in total. The van der Waals surface area contributed by atoms with Crippen molar-refractivity contribution in [1.82, 2.24) is 25.1 Å². The Morgan fingerprint density at radius 3 is 2.87 bits per heavy atom. The van der Waals surface area contributed by atoms with Gasteiger partial charge in [-0.05, 0) is 31.6 Å². The molecule has 3 heterocycles. The molecule has 3 rings (SSSR count). The number of nitrogens with one attached hydrogen (secondary N) is 1. The fraction of sp³-hybridized carbons (Fsp3) is 0.812. The van der Waals surface area contributed by atoms with Crippen LogP contribution in [0.25, 0.3) is 0 Å². The Hall–Kier alpha value is -1.47. The van der Waals surface area contributed by atoms with Crippen molar-refractivity contribution in [3.05, 3.63) is 11.6 Å². The molecule has 0 spiro atoms. The Kier molecular flexibility index (Phi) is 5.61.